The SMILES string of the molecule is COC(=O)c1cc(Br)cc2c(C3CCSC(C)(C)C3)c[nH]c12. The number of carbonyl (C=O) groups is 1. The Labute approximate surface area is 143 Å². The summed E-state index contributed by atoms with van der Waals surface area (Å²) in [6.07, 6.45) is 4.41. The molecule has 1 aliphatic heterocycles. The van der Waals surface area contributed by atoms with Crippen LogP contribution >= 0.6 is 27.7 Å². The quantitative estimate of drug-likeness (QED) is 0.735. The minimum absolute atomic E-state index is 0.306. The van der Waals surface area contributed by atoms with Gasteiger partial charge in [-0.25, -0.2) is 4.79 Å². The van der Waals surface area contributed by atoms with E-state index < -0.39 is 0 Å². The van der Waals surface area contributed by atoms with Crippen molar-refractivity contribution in [2.45, 2.75) is 37.4 Å². The third-order valence-electron chi connectivity index (χ3n) is 4.33. The summed E-state index contributed by atoms with van der Waals surface area (Å²) in [4.78, 5) is 15.3. The van der Waals surface area contributed by atoms with Crippen molar-refractivity contribution in [3.8, 4) is 0 Å². The lowest BCUT2D eigenvalue weighted by atomic mass is 9.87. The third kappa shape index (κ3) is 2.93. The van der Waals surface area contributed by atoms with Crippen LogP contribution in [-0.4, -0.2) is 28.6 Å². The fourth-order valence-electron chi connectivity index (χ4n) is 3.32. The van der Waals surface area contributed by atoms with Gasteiger partial charge in [0.05, 0.1) is 18.2 Å². The minimum Gasteiger partial charge on any atom is -0.465 e. The highest BCUT2D eigenvalue weighted by Crippen LogP contribution is 2.45. The number of hydrogen-bond donors (Lipinski definition) is 1. The number of carbonyl (C=O) groups excluding carboxylic acids is 1. The molecule has 0 aliphatic carbocycles. The Kier molecular flexibility index (Phi) is 4.29. The van der Waals surface area contributed by atoms with Crippen molar-refractivity contribution >= 4 is 44.6 Å². The summed E-state index contributed by atoms with van der Waals surface area (Å²) in [7, 11) is 1.42. The van der Waals surface area contributed by atoms with Gasteiger partial charge in [0.2, 0.25) is 0 Å². The van der Waals surface area contributed by atoms with Crippen molar-refractivity contribution in [2.75, 3.05) is 12.9 Å². The molecule has 2 heterocycles. The van der Waals surface area contributed by atoms with Crippen molar-refractivity contribution in [1.29, 1.82) is 0 Å². The lowest BCUT2D eigenvalue weighted by molar-refractivity contribution is 0.0602. The second kappa shape index (κ2) is 5.93. The maximum Gasteiger partial charge on any atom is 0.340 e. The Bertz CT molecular complexity index is 723. The van der Waals surface area contributed by atoms with Crippen LogP contribution in [0, 0.1) is 0 Å². The van der Waals surface area contributed by atoms with E-state index in [-0.39, 0.29) is 5.97 Å². The Morgan fingerprint density at radius 3 is 2.91 bits per heavy atom. The van der Waals surface area contributed by atoms with Crippen molar-refractivity contribution in [2.24, 2.45) is 0 Å². The normalized spacial score (nSPS) is 21.0. The van der Waals surface area contributed by atoms with Crippen LogP contribution in [0.3, 0.4) is 0 Å². The first-order chi connectivity index (χ1) is 10.4. The number of halogens is 1. The highest BCUT2D eigenvalue weighted by molar-refractivity contribution is 9.10. The van der Waals surface area contributed by atoms with Gasteiger partial charge in [0.1, 0.15) is 0 Å². The first-order valence-electron chi connectivity index (χ1n) is 7.44. The minimum atomic E-state index is -0.306. The van der Waals surface area contributed by atoms with Gasteiger partial charge in [0, 0.05) is 20.8 Å². The molecule has 22 heavy (non-hydrogen) atoms. The number of esters is 1. The number of fused-ring (bicyclic) bond motifs is 1. The van der Waals surface area contributed by atoms with Crippen LogP contribution < -0.4 is 0 Å². The van der Waals surface area contributed by atoms with Crippen LogP contribution in [0.2, 0.25) is 0 Å². The molecule has 1 atom stereocenters. The van der Waals surface area contributed by atoms with Crippen LogP contribution in [0.25, 0.3) is 10.9 Å². The average Bonchev–Trinajstić information content (AvgIpc) is 2.88. The largest absolute Gasteiger partial charge is 0.465 e. The predicted molar refractivity (Wildman–Crippen MR) is 95.9 cm³/mol. The van der Waals surface area contributed by atoms with Gasteiger partial charge >= 0.3 is 5.97 Å². The standard InChI is InChI=1S/C17H20BrNO2S/c1-17(2)8-10(4-5-22-17)14-9-19-15-12(14)6-11(18)7-13(15)16(20)21-3/h6-7,9-10,19H,4-5,8H2,1-3H3. The lowest BCUT2D eigenvalue weighted by Crippen LogP contribution is -2.24. The van der Waals surface area contributed by atoms with E-state index in [4.69, 9.17) is 4.74 Å². The van der Waals surface area contributed by atoms with Crippen LogP contribution in [0.4, 0.5) is 0 Å². The molecule has 1 N–H and O–H groups in total. The Morgan fingerprint density at radius 2 is 2.23 bits per heavy atom. The maximum absolute atomic E-state index is 12.0. The number of thioether (sulfide) groups is 1. The zero-order chi connectivity index (χ0) is 15.9. The number of aromatic amines is 1. The number of methoxy groups -OCH3 is 1. The number of ether oxygens (including phenoxy) is 1. The molecule has 0 saturated carbocycles. The summed E-state index contributed by atoms with van der Waals surface area (Å²) in [5.41, 5.74) is 2.78. The van der Waals surface area contributed by atoms with E-state index in [1.54, 1.807) is 0 Å². The molecule has 118 valence electrons. The summed E-state index contributed by atoms with van der Waals surface area (Å²) >= 11 is 5.57. The zero-order valence-corrected chi connectivity index (χ0v) is 15.4. The van der Waals surface area contributed by atoms with E-state index >= 15 is 0 Å². The van der Waals surface area contributed by atoms with Crippen LogP contribution in [-0.2, 0) is 4.74 Å². The molecular formula is C17H20BrNO2S. The van der Waals surface area contributed by atoms with Gasteiger partial charge in [0.15, 0.2) is 0 Å². The fraction of sp³-hybridized carbons (Fsp3) is 0.471. The molecule has 1 aromatic heterocycles. The van der Waals surface area contributed by atoms with Crippen molar-refractivity contribution in [1.82, 2.24) is 4.98 Å². The smallest absolute Gasteiger partial charge is 0.340 e. The summed E-state index contributed by atoms with van der Waals surface area (Å²) in [5, 5.41) is 1.13. The van der Waals surface area contributed by atoms with E-state index in [0.717, 1.165) is 21.8 Å². The Hall–Kier alpha value is -0.940. The van der Waals surface area contributed by atoms with E-state index in [1.807, 2.05) is 17.8 Å². The van der Waals surface area contributed by atoms with Gasteiger partial charge in [-0.3, -0.25) is 0 Å². The molecule has 3 rings (SSSR count). The number of aromatic nitrogens is 1. The molecule has 0 radical (unpaired) electrons. The number of benzene rings is 1. The monoisotopic (exact) mass is 381 g/mol. The summed E-state index contributed by atoms with van der Waals surface area (Å²) in [5.74, 6) is 1.41. The van der Waals surface area contributed by atoms with Crippen LogP contribution in [0.5, 0.6) is 0 Å². The maximum atomic E-state index is 12.0. The zero-order valence-electron chi connectivity index (χ0n) is 13.0. The first kappa shape index (κ1) is 15.9. The lowest BCUT2D eigenvalue weighted by Gasteiger charge is -2.34. The molecule has 0 amide bonds. The summed E-state index contributed by atoms with van der Waals surface area (Å²) in [6.45, 7) is 4.63. The van der Waals surface area contributed by atoms with Crippen molar-refractivity contribution < 1.29 is 9.53 Å². The average molecular weight is 382 g/mol. The number of H-pyrrole nitrogens is 1. The number of rotatable bonds is 2. The second-order valence-corrected chi connectivity index (χ2v) is 9.13. The summed E-state index contributed by atoms with van der Waals surface area (Å²) in [6, 6.07) is 3.91. The van der Waals surface area contributed by atoms with E-state index in [2.05, 4.69) is 47.0 Å². The van der Waals surface area contributed by atoms with Crippen molar-refractivity contribution in [3.63, 3.8) is 0 Å². The molecule has 1 fully saturated rings. The summed E-state index contributed by atoms with van der Waals surface area (Å²) < 4.78 is 6.12. The second-order valence-electron chi connectivity index (χ2n) is 6.41. The number of nitrogens with one attached hydrogen (secondary N) is 1. The molecule has 2 aromatic rings. The van der Waals surface area contributed by atoms with Gasteiger partial charge in [-0.05, 0) is 42.2 Å². The molecule has 3 nitrogen and oxygen atoms in total. The van der Waals surface area contributed by atoms with E-state index in [9.17, 15) is 4.79 Å². The van der Waals surface area contributed by atoms with Gasteiger partial charge < -0.3 is 9.72 Å². The van der Waals surface area contributed by atoms with Gasteiger partial charge in [-0.1, -0.05) is 29.8 Å². The van der Waals surface area contributed by atoms with Crippen LogP contribution in [0.1, 0.15) is 48.5 Å². The van der Waals surface area contributed by atoms with Crippen molar-refractivity contribution in [3.05, 3.63) is 33.9 Å². The molecule has 0 spiro atoms. The third-order valence-corrected chi connectivity index (χ3v) is 6.17. The molecule has 1 aliphatic rings. The first-order valence-corrected chi connectivity index (χ1v) is 9.22. The number of hydrogen-bond acceptors (Lipinski definition) is 3. The van der Waals surface area contributed by atoms with E-state index in [1.165, 1.54) is 24.8 Å². The topological polar surface area (TPSA) is 42.1 Å². The molecule has 1 unspecified atom stereocenters. The molecule has 1 saturated heterocycles. The fourth-order valence-corrected chi connectivity index (χ4v) is 5.06. The van der Waals surface area contributed by atoms with Crippen LogP contribution in [0.15, 0.2) is 22.8 Å². The highest BCUT2D eigenvalue weighted by Gasteiger charge is 2.31. The molecule has 0 bridgehead atoms. The molecule has 5 heteroatoms. The Balaban J connectivity index is 2.09. The van der Waals surface area contributed by atoms with Gasteiger partial charge in [-0.2, -0.15) is 11.8 Å². The van der Waals surface area contributed by atoms with Gasteiger partial charge in [-0.15, -0.1) is 0 Å². The molecular weight excluding hydrogens is 362 g/mol. The Morgan fingerprint density at radius 1 is 1.45 bits per heavy atom. The van der Waals surface area contributed by atoms with E-state index in [0.29, 0.717) is 16.2 Å². The highest BCUT2D eigenvalue weighted by atomic mass is 79.9. The predicted octanol–water partition coefficient (Wildman–Crippen LogP) is 5.11. The molecule has 1 aromatic carbocycles. The van der Waals surface area contributed by atoms with Gasteiger partial charge in [0.25, 0.3) is 0 Å².